The van der Waals surface area contributed by atoms with Crippen molar-refractivity contribution < 1.29 is 0 Å². The molecular formula is C8H14N2. The molecule has 0 aliphatic heterocycles. The summed E-state index contributed by atoms with van der Waals surface area (Å²) in [6, 6.07) is 2.12. The van der Waals surface area contributed by atoms with E-state index in [1.807, 2.05) is 6.08 Å². The van der Waals surface area contributed by atoms with E-state index in [2.05, 4.69) is 24.5 Å². The van der Waals surface area contributed by atoms with E-state index in [0.29, 0.717) is 6.54 Å². The van der Waals surface area contributed by atoms with E-state index in [0.717, 1.165) is 19.5 Å². The molecule has 0 atom stereocenters. The molecule has 0 bridgehead atoms. The molecule has 0 rings (SSSR count). The summed E-state index contributed by atoms with van der Waals surface area (Å²) >= 11 is 0. The van der Waals surface area contributed by atoms with Crippen molar-refractivity contribution in [3.8, 4) is 6.07 Å². The molecule has 0 aromatic carbocycles. The molecule has 0 radical (unpaired) electrons. The summed E-state index contributed by atoms with van der Waals surface area (Å²) in [6.45, 7) is 8.04. The van der Waals surface area contributed by atoms with Crippen molar-refractivity contribution in [2.75, 3.05) is 19.6 Å². The number of nitrogens with zero attached hydrogens (tertiary/aromatic N) is 2. The third-order valence-corrected chi connectivity index (χ3v) is 1.22. The monoisotopic (exact) mass is 138 g/mol. The maximum atomic E-state index is 8.36. The molecule has 2 nitrogen and oxygen atoms in total. The van der Waals surface area contributed by atoms with E-state index in [4.69, 9.17) is 5.26 Å². The summed E-state index contributed by atoms with van der Waals surface area (Å²) < 4.78 is 0. The molecule has 0 fully saturated rings. The third-order valence-electron chi connectivity index (χ3n) is 1.22. The highest BCUT2D eigenvalue weighted by molar-refractivity contribution is 4.81. The van der Waals surface area contributed by atoms with Gasteiger partial charge in [0.1, 0.15) is 0 Å². The normalized spacial score (nSPS) is 9.30. The Morgan fingerprint density at radius 3 is 2.80 bits per heavy atom. The Morgan fingerprint density at radius 2 is 2.40 bits per heavy atom. The molecule has 0 amide bonds. The van der Waals surface area contributed by atoms with Gasteiger partial charge in [-0.25, -0.2) is 0 Å². The molecule has 0 saturated carbocycles. The van der Waals surface area contributed by atoms with Crippen molar-refractivity contribution in [2.24, 2.45) is 0 Å². The predicted molar refractivity (Wildman–Crippen MR) is 42.5 cm³/mol. The second-order valence-electron chi connectivity index (χ2n) is 2.18. The minimum atomic E-state index is 0.514. The first-order valence-electron chi connectivity index (χ1n) is 3.55. The third kappa shape index (κ3) is 4.11. The van der Waals surface area contributed by atoms with Crippen LogP contribution in [0.1, 0.15) is 13.3 Å². The first-order chi connectivity index (χ1) is 4.85. The maximum absolute atomic E-state index is 8.36. The van der Waals surface area contributed by atoms with E-state index in [1.54, 1.807) is 0 Å². The van der Waals surface area contributed by atoms with Crippen LogP contribution in [-0.2, 0) is 0 Å². The zero-order valence-corrected chi connectivity index (χ0v) is 6.51. The molecule has 0 N–H and O–H groups in total. The molecule has 56 valence electrons. The van der Waals surface area contributed by atoms with Gasteiger partial charge in [0.2, 0.25) is 0 Å². The maximum Gasteiger partial charge on any atom is 0.0868 e. The van der Waals surface area contributed by atoms with E-state index >= 15 is 0 Å². The lowest BCUT2D eigenvalue weighted by Crippen LogP contribution is -2.24. The van der Waals surface area contributed by atoms with Gasteiger partial charge >= 0.3 is 0 Å². The zero-order chi connectivity index (χ0) is 7.82. The van der Waals surface area contributed by atoms with Crippen molar-refractivity contribution in [3.63, 3.8) is 0 Å². The van der Waals surface area contributed by atoms with Crippen LogP contribution < -0.4 is 0 Å². The Kier molecular flexibility index (Phi) is 5.80. The Morgan fingerprint density at radius 1 is 1.70 bits per heavy atom. The van der Waals surface area contributed by atoms with Gasteiger partial charge in [-0.2, -0.15) is 5.26 Å². The number of rotatable bonds is 5. The average Bonchev–Trinajstić information content (AvgIpc) is 1.90. The molecule has 0 aromatic heterocycles. The summed E-state index contributed by atoms with van der Waals surface area (Å²) in [7, 11) is 0. The Balaban J connectivity index is 3.51. The van der Waals surface area contributed by atoms with Crippen molar-refractivity contribution in [3.05, 3.63) is 12.7 Å². The molecule has 0 aliphatic carbocycles. The van der Waals surface area contributed by atoms with Gasteiger partial charge in [-0.15, -0.1) is 6.58 Å². The van der Waals surface area contributed by atoms with Gasteiger partial charge in [0.05, 0.1) is 12.6 Å². The minimum absolute atomic E-state index is 0.514. The van der Waals surface area contributed by atoms with E-state index in [1.165, 1.54) is 0 Å². The van der Waals surface area contributed by atoms with Crippen LogP contribution in [0.2, 0.25) is 0 Å². The van der Waals surface area contributed by atoms with Gasteiger partial charge in [-0.1, -0.05) is 13.0 Å². The van der Waals surface area contributed by atoms with Gasteiger partial charge < -0.3 is 0 Å². The minimum Gasteiger partial charge on any atom is -0.287 e. The molecule has 2 heteroatoms. The number of hydrogen-bond donors (Lipinski definition) is 0. The fourth-order valence-corrected chi connectivity index (χ4v) is 0.834. The largest absolute Gasteiger partial charge is 0.287 e. The molecule has 0 heterocycles. The van der Waals surface area contributed by atoms with Crippen LogP contribution in [0.5, 0.6) is 0 Å². The molecule has 0 spiro atoms. The van der Waals surface area contributed by atoms with Gasteiger partial charge in [-0.05, 0) is 13.0 Å². The van der Waals surface area contributed by atoms with Gasteiger partial charge in [-0.3, -0.25) is 4.90 Å². The summed E-state index contributed by atoms with van der Waals surface area (Å²) in [5, 5.41) is 8.36. The standard InChI is InChI=1S/C8H14N2/c1-3-6-10(7-4-2)8-5-9/h3H,1,4,6-8H2,2H3. The molecule has 0 saturated heterocycles. The van der Waals surface area contributed by atoms with Crippen molar-refractivity contribution in [1.29, 1.82) is 5.26 Å². The van der Waals surface area contributed by atoms with Crippen molar-refractivity contribution in [2.45, 2.75) is 13.3 Å². The molecule has 10 heavy (non-hydrogen) atoms. The lowest BCUT2D eigenvalue weighted by Gasteiger charge is -2.14. The molecular weight excluding hydrogens is 124 g/mol. The number of hydrogen-bond acceptors (Lipinski definition) is 2. The van der Waals surface area contributed by atoms with Crippen LogP contribution in [0.25, 0.3) is 0 Å². The second kappa shape index (κ2) is 6.31. The SMILES string of the molecule is C=CCN(CC#N)CCC. The fraction of sp³-hybridized carbons (Fsp3) is 0.625. The smallest absolute Gasteiger partial charge is 0.0868 e. The lowest BCUT2D eigenvalue weighted by atomic mass is 10.4. The van der Waals surface area contributed by atoms with E-state index in [-0.39, 0.29) is 0 Å². The second-order valence-corrected chi connectivity index (χ2v) is 2.18. The topological polar surface area (TPSA) is 27.0 Å². The van der Waals surface area contributed by atoms with Crippen molar-refractivity contribution in [1.82, 2.24) is 4.90 Å². The predicted octanol–water partition coefficient (Wildman–Crippen LogP) is 1.41. The first kappa shape index (κ1) is 9.19. The lowest BCUT2D eigenvalue weighted by molar-refractivity contribution is 0.339. The highest BCUT2D eigenvalue weighted by Crippen LogP contribution is 1.89. The van der Waals surface area contributed by atoms with E-state index < -0.39 is 0 Å². The highest BCUT2D eigenvalue weighted by Gasteiger charge is 1.97. The van der Waals surface area contributed by atoms with Crippen LogP contribution in [0, 0.1) is 11.3 Å². The van der Waals surface area contributed by atoms with Gasteiger partial charge in [0, 0.05) is 6.54 Å². The zero-order valence-electron chi connectivity index (χ0n) is 6.51. The Bertz CT molecular complexity index is 124. The first-order valence-corrected chi connectivity index (χ1v) is 3.55. The summed E-state index contributed by atoms with van der Waals surface area (Å²) in [5.41, 5.74) is 0. The molecule has 0 unspecified atom stereocenters. The molecule has 0 aliphatic rings. The van der Waals surface area contributed by atoms with E-state index in [9.17, 15) is 0 Å². The summed E-state index contributed by atoms with van der Waals surface area (Å²) in [6.07, 6.45) is 2.92. The van der Waals surface area contributed by atoms with Crippen LogP contribution in [0.3, 0.4) is 0 Å². The highest BCUT2D eigenvalue weighted by atomic mass is 15.1. The van der Waals surface area contributed by atoms with Gasteiger partial charge in [0.15, 0.2) is 0 Å². The quantitative estimate of drug-likeness (QED) is 0.424. The number of nitriles is 1. The molecule has 0 aromatic rings. The Hall–Kier alpha value is -0.810. The van der Waals surface area contributed by atoms with Crippen LogP contribution in [0.15, 0.2) is 12.7 Å². The van der Waals surface area contributed by atoms with Crippen LogP contribution in [0.4, 0.5) is 0 Å². The van der Waals surface area contributed by atoms with Crippen LogP contribution >= 0.6 is 0 Å². The Labute approximate surface area is 62.8 Å². The fourth-order valence-electron chi connectivity index (χ4n) is 0.834. The van der Waals surface area contributed by atoms with Gasteiger partial charge in [0.25, 0.3) is 0 Å². The summed E-state index contributed by atoms with van der Waals surface area (Å²) in [5.74, 6) is 0. The van der Waals surface area contributed by atoms with Crippen molar-refractivity contribution >= 4 is 0 Å². The summed E-state index contributed by atoms with van der Waals surface area (Å²) in [4.78, 5) is 2.06. The average molecular weight is 138 g/mol. The van der Waals surface area contributed by atoms with Crippen LogP contribution in [-0.4, -0.2) is 24.5 Å².